The minimum absolute atomic E-state index is 0.183. The van der Waals surface area contributed by atoms with Crippen molar-refractivity contribution in [2.75, 3.05) is 0 Å². The van der Waals surface area contributed by atoms with Crippen molar-refractivity contribution in [1.29, 1.82) is 0 Å². The van der Waals surface area contributed by atoms with E-state index in [-0.39, 0.29) is 17.6 Å². The van der Waals surface area contributed by atoms with Crippen LogP contribution in [0.15, 0.2) is 24.3 Å². The van der Waals surface area contributed by atoms with Crippen LogP contribution in [-0.4, -0.2) is 17.4 Å². The summed E-state index contributed by atoms with van der Waals surface area (Å²) < 4.78 is 13.6. The minimum Gasteiger partial charge on any atom is -0.368 e. The monoisotopic (exact) mass is 306 g/mol. The first-order valence-corrected chi connectivity index (χ1v) is 7.80. The first-order valence-electron chi connectivity index (χ1n) is 7.80. The molecule has 1 fully saturated rings. The van der Waals surface area contributed by atoms with Crippen LogP contribution in [-0.2, 0) is 16.0 Å². The lowest BCUT2D eigenvalue weighted by molar-refractivity contribution is -0.133. The highest BCUT2D eigenvalue weighted by Crippen LogP contribution is 2.30. The molecule has 120 valence electrons. The zero-order valence-corrected chi connectivity index (χ0v) is 12.9. The van der Waals surface area contributed by atoms with Crippen molar-refractivity contribution in [2.24, 2.45) is 11.7 Å². The Kier molecular flexibility index (Phi) is 5.16. The van der Waals surface area contributed by atoms with E-state index in [1.165, 1.54) is 6.07 Å². The predicted octanol–water partition coefficient (Wildman–Crippen LogP) is 2.31. The molecule has 0 aromatic heterocycles. The third-order valence-electron chi connectivity index (χ3n) is 4.54. The second-order valence-corrected chi connectivity index (χ2v) is 6.17. The number of hydrogen-bond acceptors (Lipinski definition) is 2. The van der Waals surface area contributed by atoms with Crippen LogP contribution in [0.1, 0.15) is 44.6 Å². The van der Waals surface area contributed by atoms with Crippen molar-refractivity contribution in [2.45, 2.75) is 51.0 Å². The van der Waals surface area contributed by atoms with Gasteiger partial charge in [-0.3, -0.25) is 9.59 Å². The SMILES string of the molecule is C[C@H](CCc1ccccc1F)C(=O)NC1(C(N)=O)CCCC1. The summed E-state index contributed by atoms with van der Waals surface area (Å²) >= 11 is 0. The summed E-state index contributed by atoms with van der Waals surface area (Å²) in [7, 11) is 0. The highest BCUT2D eigenvalue weighted by atomic mass is 19.1. The van der Waals surface area contributed by atoms with Crippen molar-refractivity contribution in [3.63, 3.8) is 0 Å². The highest BCUT2D eigenvalue weighted by molar-refractivity contribution is 5.91. The Balaban J connectivity index is 1.92. The number of rotatable bonds is 6. The Morgan fingerprint density at radius 3 is 2.55 bits per heavy atom. The Hall–Kier alpha value is -1.91. The minimum atomic E-state index is -0.886. The lowest BCUT2D eigenvalue weighted by Crippen LogP contribution is -2.56. The Morgan fingerprint density at radius 1 is 1.32 bits per heavy atom. The summed E-state index contributed by atoms with van der Waals surface area (Å²) in [5, 5.41) is 2.84. The number of carbonyl (C=O) groups is 2. The van der Waals surface area contributed by atoms with Gasteiger partial charge in [0.05, 0.1) is 0 Å². The molecule has 0 aliphatic heterocycles. The average molecular weight is 306 g/mol. The molecule has 0 unspecified atom stereocenters. The number of nitrogens with one attached hydrogen (secondary N) is 1. The Labute approximate surface area is 130 Å². The molecule has 22 heavy (non-hydrogen) atoms. The summed E-state index contributed by atoms with van der Waals surface area (Å²) in [5.41, 5.74) is 5.18. The number of carbonyl (C=O) groups excluding carboxylic acids is 2. The number of benzene rings is 1. The molecular formula is C17H23FN2O2. The summed E-state index contributed by atoms with van der Waals surface area (Å²) in [6, 6.07) is 6.57. The Bertz CT molecular complexity index is 553. The lowest BCUT2D eigenvalue weighted by Gasteiger charge is -2.28. The number of nitrogens with two attached hydrogens (primary N) is 1. The van der Waals surface area contributed by atoms with Gasteiger partial charge in [0.1, 0.15) is 11.4 Å². The van der Waals surface area contributed by atoms with Crippen LogP contribution in [0.5, 0.6) is 0 Å². The fourth-order valence-corrected chi connectivity index (χ4v) is 2.97. The first kappa shape index (κ1) is 16.5. The van der Waals surface area contributed by atoms with Gasteiger partial charge in [-0.05, 0) is 37.3 Å². The fourth-order valence-electron chi connectivity index (χ4n) is 2.97. The van der Waals surface area contributed by atoms with E-state index in [0.717, 1.165) is 12.8 Å². The van der Waals surface area contributed by atoms with Gasteiger partial charge in [-0.15, -0.1) is 0 Å². The Morgan fingerprint density at radius 2 is 1.95 bits per heavy atom. The van der Waals surface area contributed by atoms with E-state index < -0.39 is 11.4 Å². The van der Waals surface area contributed by atoms with E-state index in [2.05, 4.69) is 5.32 Å². The second kappa shape index (κ2) is 6.90. The molecule has 1 aliphatic carbocycles. The van der Waals surface area contributed by atoms with E-state index in [0.29, 0.717) is 31.2 Å². The number of halogens is 1. The van der Waals surface area contributed by atoms with Crippen LogP contribution < -0.4 is 11.1 Å². The topological polar surface area (TPSA) is 72.2 Å². The van der Waals surface area contributed by atoms with Gasteiger partial charge in [0.15, 0.2) is 0 Å². The standard InChI is InChI=1S/C17H23FN2O2/c1-12(8-9-13-6-2-3-7-14(13)18)15(21)20-17(16(19)22)10-4-5-11-17/h2-3,6-7,12H,4-5,8-11H2,1H3,(H2,19,22)(H,20,21)/t12-/m1/s1. The van der Waals surface area contributed by atoms with Gasteiger partial charge in [0.2, 0.25) is 11.8 Å². The smallest absolute Gasteiger partial charge is 0.243 e. The maximum Gasteiger partial charge on any atom is 0.243 e. The largest absolute Gasteiger partial charge is 0.368 e. The molecule has 0 bridgehead atoms. The first-order chi connectivity index (χ1) is 10.4. The van der Waals surface area contributed by atoms with Gasteiger partial charge in [0.25, 0.3) is 0 Å². The van der Waals surface area contributed by atoms with Crippen molar-refractivity contribution in [3.05, 3.63) is 35.6 Å². The number of hydrogen-bond donors (Lipinski definition) is 2. The number of aryl methyl sites for hydroxylation is 1. The molecule has 1 saturated carbocycles. The third kappa shape index (κ3) is 3.64. The molecular weight excluding hydrogens is 283 g/mol. The third-order valence-corrected chi connectivity index (χ3v) is 4.54. The van der Waals surface area contributed by atoms with E-state index in [1.807, 2.05) is 0 Å². The molecule has 0 saturated heterocycles. The maximum atomic E-state index is 13.6. The van der Waals surface area contributed by atoms with Crippen LogP contribution in [0.3, 0.4) is 0 Å². The summed E-state index contributed by atoms with van der Waals surface area (Å²) in [6.45, 7) is 1.79. The fraction of sp³-hybridized carbons (Fsp3) is 0.529. The van der Waals surface area contributed by atoms with Gasteiger partial charge < -0.3 is 11.1 Å². The van der Waals surface area contributed by atoms with Crippen LogP contribution in [0.4, 0.5) is 4.39 Å². The second-order valence-electron chi connectivity index (χ2n) is 6.17. The quantitative estimate of drug-likeness (QED) is 0.846. The number of primary amides is 1. The molecule has 0 radical (unpaired) electrons. The van der Waals surface area contributed by atoms with Gasteiger partial charge in [-0.2, -0.15) is 0 Å². The molecule has 0 heterocycles. The van der Waals surface area contributed by atoms with E-state index in [1.54, 1.807) is 25.1 Å². The zero-order chi connectivity index (χ0) is 16.2. The number of amides is 2. The van der Waals surface area contributed by atoms with Crippen LogP contribution >= 0.6 is 0 Å². The molecule has 1 aromatic rings. The van der Waals surface area contributed by atoms with Crippen molar-refractivity contribution >= 4 is 11.8 Å². The molecule has 0 spiro atoms. The molecule has 3 N–H and O–H groups in total. The van der Waals surface area contributed by atoms with Crippen LogP contribution in [0.2, 0.25) is 0 Å². The van der Waals surface area contributed by atoms with Crippen LogP contribution in [0.25, 0.3) is 0 Å². The van der Waals surface area contributed by atoms with E-state index in [9.17, 15) is 14.0 Å². The average Bonchev–Trinajstić information content (AvgIpc) is 2.96. The maximum absolute atomic E-state index is 13.6. The van der Waals surface area contributed by atoms with E-state index in [4.69, 9.17) is 5.73 Å². The van der Waals surface area contributed by atoms with Gasteiger partial charge in [-0.25, -0.2) is 4.39 Å². The van der Waals surface area contributed by atoms with Crippen molar-refractivity contribution in [3.8, 4) is 0 Å². The molecule has 4 nitrogen and oxygen atoms in total. The van der Waals surface area contributed by atoms with Gasteiger partial charge >= 0.3 is 0 Å². The summed E-state index contributed by atoms with van der Waals surface area (Å²) in [5.74, 6) is -1.19. The molecule has 1 aliphatic rings. The molecule has 5 heteroatoms. The molecule has 1 atom stereocenters. The summed E-state index contributed by atoms with van der Waals surface area (Å²) in [4.78, 5) is 24.0. The van der Waals surface area contributed by atoms with Gasteiger partial charge in [-0.1, -0.05) is 38.0 Å². The zero-order valence-electron chi connectivity index (χ0n) is 12.9. The predicted molar refractivity (Wildman–Crippen MR) is 82.4 cm³/mol. The molecule has 2 amide bonds. The van der Waals surface area contributed by atoms with Crippen molar-refractivity contribution < 1.29 is 14.0 Å². The molecule has 2 rings (SSSR count). The lowest BCUT2D eigenvalue weighted by atomic mass is 9.94. The normalized spacial score (nSPS) is 17.9. The summed E-state index contributed by atoms with van der Waals surface area (Å²) in [6.07, 6.45) is 4.02. The molecule has 1 aromatic carbocycles. The highest BCUT2D eigenvalue weighted by Gasteiger charge is 2.41. The van der Waals surface area contributed by atoms with Gasteiger partial charge in [0, 0.05) is 5.92 Å². The van der Waals surface area contributed by atoms with Crippen LogP contribution in [0, 0.1) is 11.7 Å². The van der Waals surface area contributed by atoms with E-state index >= 15 is 0 Å². The van der Waals surface area contributed by atoms with Crippen molar-refractivity contribution in [1.82, 2.24) is 5.32 Å².